The Morgan fingerprint density at radius 3 is 2.78 bits per heavy atom. The minimum absolute atomic E-state index is 0.0300. The molecule has 1 N–H and O–H groups in total. The molecule has 0 amide bonds. The van der Waals surface area contributed by atoms with E-state index in [0.717, 1.165) is 42.7 Å². The van der Waals surface area contributed by atoms with E-state index in [9.17, 15) is 14.7 Å². The molecule has 0 radical (unpaired) electrons. The van der Waals surface area contributed by atoms with Crippen LogP contribution in [0.5, 0.6) is 0 Å². The highest BCUT2D eigenvalue weighted by molar-refractivity contribution is 8.01. The van der Waals surface area contributed by atoms with Gasteiger partial charge in [0.25, 0.3) is 0 Å². The molecule has 4 rings (SSSR count). The number of aliphatic imine (C=N–C) groups is 1. The van der Waals surface area contributed by atoms with Crippen molar-refractivity contribution in [1.82, 2.24) is 0 Å². The average molecular weight is 468 g/mol. The van der Waals surface area contributed by atoms with Crippen molar-refractivity contribution in [3.8, 4) is 0 Å². The number of carboxylic acid groups (broad SMARTS) is 1. The summed E-state index contributed by atoms with van der Waals surface area (Å²) in [7, 11) is 0. The summed E-state index contributed by atoms with van der Waals surface area (Å²) in [5.74, 6) is 0.215. The SMILES string of the molecule is O=C1C=Nc2ccccc2[C@H]1CCCC1(C(=O)O)CCC(=CCCSc2cccs2)CC1. The van der Waals surface area contributed by atoms with Gasteiger partial charge in [0.15, 0.2) is 5.78 Å². The number of carbonyl (C=O) groups is 2. The van der Waals surface area contributed by atoms with Crippen LogP contribution in [0.25, 0.3) is 0 Å². The first kappa shape index (κ1) is 23.0. The molecule has 0 saturated heterocycles. The molecule has 1 aromatic carbocycles. The fourth-order valence-electron chi connectivity index (χ4n) is 4.81. The fraction of sp³-hybridized carbons (Fsp3) is 0.423. The molecule has 0 spiro atoms. The van der Waals surface area contributed by atoms with Gasteiger partial charge in [0, 0.05) is 5.75 Å². The van der Waals surface area contributed by atoms with Crippen LogP contribution in [0.15, 0.2) is 62.6 Å². The zero-order chi connectivity index (χ0) is 22.4. The molecule has 32 heavy (non-hydrogen) atoms. The third-order valence-electron chi connectivity index (χ3n) is 6.73. The predicted molar refractivity (Wildman–Crippen MR) is 132 cm³/mol. The van der Waals surface area contributed by atoms with Crippen LogP contribution >= 0.6 is 23.1 Å². The second-order valence-electron chi connectivity index (χ2n) is 8.68. The van der Waals surface area contributed by atoms with E-state index >= 15 is 0 Å². The second kappa shape index (κ2) is 10.6. The first-order valence-corrected chi connectivity index (χ1v) is 13.2. The van der Waals surface area contributed by atoms with E-state index in [0.29, 0.717) is 25.7 Å². The van der Waals surface area contributed by atoms with Crippen LogP contribution in [0, 0.1) is 5.41 Å². The van der Waals surface area contributed by atoms with E-state index in [1.165, 1.54) is 16.0 Å². The molecule has 2 aliphatic rings. The van der Waals surface area contributed by atoms with Crippen LogP contribution in [-0.2, 0) is 9.59 Å². The quantitative estimate of drug-likeness (QED) is 0.244. The molecule has 6 heteroatoms. The van der Waals surface area contributed by atoms with E-state index in [2.05, 4.69) is 28.6 Å². The van der Waals surface area contributed by atoms with Crippen molar-refractivity contribution >= 4 is 46.8 Å². The number of fused-ring (bicyclic) bond motifs is 1. The minimum atomic E-state index is -0.679. The van der Waals surface area contributed by atoms with Gasteiger partial charge in [-0.3, -0.25) is 14.6 Å². The zero-order valence-corrected chi connectivity index (χ0v) is 19.8. The summed E-state index contributed by atoms with van der Waals surface area (Å²) in [6.07, 6.45) is 9.96. The Balaban J connectivity index is 1.28. The van der Waals surface area contributed by atoms with Crippen LogP contribution in [-0.4, -0.2) is 28.8 Å². The van der Waals surface area contributed by atoms with E-state index in [4.69, 9.17) is 0 Å². The van der Waals surface area contributed by atoms with Crippen LogP contribution in [0.4, 0.5) is 5.69 Å². The lowest BCUT2D eigenvalue weighted by atomic mass is 9.69. The maximum atomic E-state index is 12.4. The summed E-state index contributed by atoms with van der Waals surface area (Å²) in [6, 6.07) is 12.0. The third kappa shape index (κ3) is 5.41. The molecule has 4 nitrogen and oxygen atoms in total. The molecule has 1 atom stereocenters. The van der Waals surface area contributed by atoms with Crippen LogP contribution in [0.3, 0.4) is 0 Å². The molecule has 1 aliphatic heterocycles. The van der Waals surface area contributed by atoms with Gasteiger partial charge in [0.2, 0.25) is 0 Å². The Morgan fingerprint density at radius 2 is 2.03 bits per heavy atom. The molecular formula is C26H29NO3S2. The third-order valence-corrected chi connectivity index (χ3v) is 8.89. The Morgan fingerprint density at radius 1 is 1.22 bits per heavy atom. The summed E-state index contributed by atoms with van der Waals surface area (Å²) >= 11 is 3.66. The number of hydrogen-bond acceptors (Lipinski definition) is 5. The number of hydrogen-bond donors (Lipinski definition) is 1. The number of rotatable bonds is 9. The zero-order valence-electron chi connectivity index (χ0n) is 18.2. The van der Waals surface area contributed by atoms with Crippen molar-refractivity contribution in [1.29, 1.82) is 0 Å². The topological polar surface area (TPSA) is 66.7 Å². The van der Waals surface area contributed by atoms with E-state index in [1.807, 2.05) is 36.0 Å². The molecule has 2 aromatic rings. The highest BCUT2D eigenvalue weighted by Gasteiger charge is 2.40. The number of thiophene rings is 1. The van der Waals surface area contributed by atoms with Crippen molar-refractivity contribution in [3.05, 3.63) is 59.0 Å². The number of ketones is 1. The van der Waals surface area contributed by atoms with Crippen molar-refractivity contribution < 1.29 is 14.7 Å². The van der Waals surface area contributed by atoms with Crippen molar-refractivity contribution in [2.24, 2.45) is 10.4 Å². The molecule has 0 bridgehead atoms. The van der Waals surface area contributed by atoms with Gasteiger partial charge in [-0.1, -0.05) is 42.3 Å². The lowest BCUT2D eigenvalue weighted by molar-refractivity contribution is -0.151. The molecule has 1 saturated carbocycles. The summed E-state index contributed by atoms with van der Waals surface area (Å²) < 4.78 is 1.35. The van der Waals surface area contributed by atoms with Crippen LogP contribution in [0.2, 0.25) is 0 Å². The van der Waals surface area contributed by atoms with Gasteiger partial charge < -0.3 is 5.11 Å². The van der Waals surface area contributed by atoms with Crippen LogP contribution < -0.4 is 0 Å². The highest BCUT2D eigenvalue weighted by atomic mass is 32.2. The van der Waals surface area contributed by atoms with E-state index in [-0.39, 0.29) is 11.7 Å². The summed E-state index contributed by atoms with van der Waals surface area (Å²) in [6.45, 7) is 0. The number of thioether (sulfide) groups is 1. The number of Topliss-reactive ketones (excluding diaryl/α,β-unsaturated/α-hetero) is 1. The average Bonchev–Trinajstić information content (AvgIpc) is 3.33. The number of aliphatic carboxylic acids is 1. The molecule has 0 unspecified atom stereocenters. The highest BCUT2D eigenvalue weighted by Crippen LogP contribution is 2.44. The number of allylic oxidation sites excluding steroid dienone is 2. The number of carboxylic acids is 1. The lowest BCUT2D eigenvalue weighted by Gasteiger charge is -2.35. The summed E-state index contributed by atoms with van der Waals surface area (Å²) in [4.78, 5) is 28.9. The van der Waals surface area contributed by atoms with Crippen LogP contribution in [0.1, 0.15) is 62.8 Å². The Bertz CT molecular complexity index is 1000. The Labute approximate surface area is 197 Å². The molecule has 168 valence electrons. The van der Waals surface area contributed by atoms with Gasteiger partial charge in [-0.25, -0.2) is 0 Å². The van der Waals surface area contributed by atoms with Crippen molar-refractivity contribution in [3.63, 3.8) is 0 Å². The lowest BCUT2D eigenvalue weighted by Crippen LogP contribution is -2.34. The molecule has 1 aliphatic carbocycles. The fourth-order valence-corrected chi connectivity index (χ4v) is 6.56. The number of carbonyl (C=O) groups excluding carboxylic acids is 1. The van der Waals surface area contributed by atoms with Gasteiger partial charge in [-0.15, -0.1) is 23.1 Å². The Kier molecular flexibility index (Phi) is 7.63. The molecular weight excluding hydrogens is 438 g/mol. The van der Waals surface area contributed by atoms with Gasteiger partial charge in [-0.05, 0) is 68.0 Å². The maximum absolute atomic E-state index is 12.4. The minimum Gasteiger partial charge on any atom is -0.481 e. The first-order chi connectivity index (χ1) is 15.6. The van der Waals surface area contributed by atoms with Gasteiger partial charge in [0.1, 0.15) is 0 Å². The van der Waals surface area contributed by atoms with Crippen molar-refractivity contribution in [2.45, 2.75) is 61.5 Å². The van der Waals surface area contributed by atoms with Gasteiger partial charge >= 0.3 is 5.97 Å². The molecule has 1 aromatic heterocycles. The van der Waals surface area contributed by atoms with Crippen molar-refractivity contribution in [2.75, 3.05) is 5.75 Å². The summed E-state index contributed by atoms with van der Waals surface area (Å²) in [5, 5.41) is 12.1. The smallest absolute Gasteiger partial charge is 0.309 e. The van der Waals surface area contributed by atoms with Gasteiger partial charge in [-0.2, -0.15) is 0 Å². The van der Waals surface area contributed by atoms with E-state index in [1.54, 1.807) is 11.3 Å². The normalized spacial score (nSPS) is 22.6. The summed E-state index contributed by atoms with van der Waals surface area (Å²) in [5.41, 5.74) is 2.57. The Hall–Kier alpha value is -2.18. The standard InChI is InChI=1S/C26H29NO3S2/c28-23-18-27-22-9-2-1-7-20(22)21(23)8-3-13-26(25(29)30)14-11-19(12-15-26)6-4-16-31-24-10-5-17-32-24/h1-2,5-7,9-10,17-18,21H,3-4,8,11-16H2,(H,29,30)/t21-,26?/m1/s1. The number of nitrogens with zero attached hydrogens (tertiary/aromatic N) is 1. The van der Waals surface area contributed by atoms with E-state index < -0.39 is 11.4 Å². The predicted octanol–water partition coefficient (Wildman–Crippen LogP) is 7.04. The van der Waals surface area contributed by atoms with Gasteiger partial charge in [0.05, 0.1) is 27.4 Å². The number of para-hydroxylation sites is 1. The number of benzene rings is 1. The largest absolute Gasteiger partial charge is 0.481 e. The maximum Gasteiger partial charge on any atom is 0.309 e. The monoisotopic (exact) mass is 467 g/mol. The molecule has 1 fully saturated rings. The molecule has 2 heterocycles. The first-order valence-electron chi connectivity index (χ1n) is 11.3. The second-order valence-corrected chi connectivity index (χ2v) is 11.0.